The monoisotopic (exact) mass is 391 g/mol. The molecule has 0 atom stereocenters. The maximum Gasteiger partial charge on any atom is 0.185 e. The van der Waals surface area contributed by atoms with Gasteiger partial charge in [0.15, 0.2) is 5.17 Å². The fourth-order valence-corrected chi connectivity index (χ4v) is 3.93. The number of fused-ring (bicyclic) bond motifs is 1. The lowest BCUT2D eigenvalue weighted by atomic mass is 10.0. The number of nitrogens with zero attached hydrogens (tertiary/aromatic N) is 3. The van der Waals surface area contributed by atoms with E-state index in [0.29, 0.717) is 5.02 Å². The molecule has 0 amide bonds. The van der Waals surface area contributed by atoms with Gasteiger partial charge in [-0.25, -0.2) is 10.0 Å². The number of hydrogen-bond donors (Lipinski definition) is 0. The molecular weight excluding hydrogens is 374 g/mol. The van der Waals surface area contributed by atoms with Crippen molar-refractivity contribution in [2.75, 3.05) is 7.05 Å². The highest BCUT2D eigenvalue weighted by Crippen LogP contribution is 2.31. The summed E-state index contributed by atoms with van der Waals surface area (Å²) in [6.07, 6.45) is 0. The zero-order valence-electron chi connectivity index (χ0n) is 14.8. The largest absolute Gasteiger partial charge is 0.245 e. The van der Waals surface area contributed by atoms with Gasteiger partial charge in [0, 0.05) is 29.0 Å². The van der Waals surface area contributed by atoms with Crippen LogP contribution in [0.1, 0.15) is 16.7 Å². The fraction of sp³-hybridized carbons (Fsp3) is 0.0909. The SMILES string of the molecule is CN1N=C(c2ccccc2)c2cc(Cl)ccc2N=C1SCc1ccccc1. The summed E-state index contributed by atoms with van der Waals surface area (Å²) in [6, 6.07) is 26.3. The normalized spacial score (nSPS) is 13.5. The van der Waals surface area contributed by atoms with Crippen LogP contribution in [0.4, 0.5) is 5.69 Å². The van der Waals surface area contributed by atoms with Gasteiger partial charge in [0.05, 0.1) is 5.69 Å². The van der Waals surface area contributed by atoms with Gasteiger partial charge < -0.3 is 0 Å². The summed E-state index contributed by atoms with van der Waals surface area (Å²) in [5, 5.41) is 8.24. The molecule has 0 N–H and O–H groups in total. The van der Waals surface area contributed by atoms with E-state index in [0.717, 1.165) is 33.4 Å². The maximum absolute atomic E-state index is 6.27. The molecule has 5 heteroatoms. The van der Waals surface area contributed by atoms with E-state index in [9.17, 15) is 0 Å². The first-order valence-corrected chi connectivity index (χ1v) is 10.00. The Morgan fingerprint density at radius 1 is 0.926 bits per heavy atom. The lowest BCUT2D eigenvalue weighted by Crippen LogP contribution is -2.19. The summed E-state index contributed by atoms with van der Waals surface area (Å²) in [5.74, 6) is 0.836. The molecule has 0 spiro atoms. The molecule has 134 valence electrons. The molecule has 3 aromatic carbocycles. The van der Waals surface area contributed by atoms with Crippen LogP contribution in [-0.4, -0.2) is 22.9 Å². The van der Waals surface area contributed by atoms with Crippen molar-refractivity contribution in [2.24, 2.45) is 10.1 Å². The van der Waals surface area contributed by atoms with Crippen LogP contribution in [0, 0.1) is 0 Å². The van der Waals surface area contributed by atoms with E-state index >= 15 is 0 Å². The molecule has 4 rings (SSSR count). The Hall–Kier alpha value is -2.56. The molecule has 0 saturated carbocycles. The number of halogens is 1. The van der Waals surface area contributed by atoms with Crippen LogP contribution >= 0.6 is 23.4 Å². The summed E-state index contributed by atoms with van der Waals surface area (Å²) in [4.78, 5) is 4.88. The van der Waals surface area contributed by atoms with Crippen LogP contribution in [0.15, 0.2) is 89.0 Å². The molecule has 1 heterocycles. The third kappa shape index (κ3) is 4.07. The molecule has 3 aromatic rings. The molecule has 1 aliphatic rings. The highest BCUT2D eigenvalue weighted by atomic mass is 35.5. The Morgan fingerprint density at radius 2 is 1.63 bits per heavy atom. The quantitative estimate of drug-likeness (QED) is 0.551. The Kier molecular flexibility index (Phi) is 5.28. The van der Waals surface area contributed by atoms with Crippen LogP contribution in [0.5, 0.6) is 0 Å². The molecular formula is C22H18ClN3S. The summed E-state index contributed by atoms with van der Waals surface area (Å²) in [5.41, 5.74) is 4.98. The van der Waals surface area contributed by atoms with Crippen LogP contribution in [0.25, 0.3) is 0 Å². The fourth-order valence-electron chi connectivity index (χ4n) is 2.87. The van der Waals surface area contributed by atoms with Crippen molar-refractivity contribution < 1.29 is 0 Å². The number of rotatable bonds is 3. The molecule has 0 aromatic heterocycles. The minimum Gasteiger partial charge on any atom is -0.245 e. The molecule has 3 nitrogen and oxygen atoms in total. The van der Waals surface area contributed by atoms with Crippen molar-refractivity contribution in [1.29, 1.82) is 0 Å². The van der Waals surface area contributed by atoms with E-state index in [1.54, 1.807) is 11.8 Å². The van der Waals surface area contributed by atoms with Gasteiger partial charge in [-0.15, -0.1) is 0 Å². The predicted octanol–water partition coefficient (Wildman–Crippen LogP) is 5.96. The molecule has 0 saturated heterocycles. The molecule has 0 unspecified atom stereocenters. The van der Waals surface area contributed by atoms with E-state index in [1.165, 1.54) is 5.56 Å². The maximum atomic E-state index is 6.27. The first-order valence-electron chi connectivity index (χ1n) is 8.64. The van der Waals surface area contributed by atoms with Gasteiger partial charge in [0.2, 0.25) is 0 Å². The summed E-state index contributed by atoms with van der Waals surface area (Å²) in [6.45, 7) is 0. The zero-order chi connectivity index (χ0) is 18.6. The summed E-state index contributed by atoms with van der Waals surface area (Å²) >= 11 is 7.95. The molecule has 27 heavy (non-hydrogen) atoms. The molecule has 0 fully saturated rings. The van der Waals surface area contributed by atoms with Gasteiger partial charge in [-0.05, 0) is 23.8 Å². The molecule has 0 bridgehead atoms. The Bertz CT molecular complexity index is 1000. The van der Waals surface area contributed by atoms with Crippen LogP contribution < -0.4 is 0 Å². The van der Waals surface area contributed by atoms with Gasteiger partial charge in [0.25, 0.3) is 0 Å². The van der Waals surface area contributed by atoms with E-state index in [1.807, 2.05) is 54.5 Å². The second kappa shape index (κ2) is 7.99. The number of hydrazone groups is 1. The summed E-state index contributed by atoms with van der Waals surface area (Å²) in [7, 11) is 1.94. The first-order chi connectivity index (χ1) is 13.2. The third-order valence-corrected chi connectivity index (χ3v) is 5.54. The van der Waals surface area contributed by atoms with Crippen molar-refractivity contribution in [3.8, 4) is 0 Å². The number of amidine groups is 1. The van der Waals surface area contributed by atoms with E-state index in [4.69, 9.17) is 21.7 Å². The van der Waals surface area contributed by atoms with E-state index in [2.05, 4.69) is 36.4 Å². The number of aliphatic imine (C=N–C) groups is 1. The number of benzene rings is 3. The van der Waals surface area contributed by atoms with Crippen molar-refractivity contribution in [1.82, 2.24) is 5.01 Å². The predicted molar refractivity (Wildman–Crippen MR) is 116 cm³/mol. The average molecular weight is 392 g/mol. The van der Waals surface area contributed by atoms with Gasteiger partial charge in [-0.2, -0.15) is 5.10 Å². The molecule has 1 aliphatic heterocycles. The highest BCUT2D eigenvalue weighted by molar-refractivity contribution is 8.13. The van der Waals surface area contributed by atoms with Crippen LogP contribution in [0.3, 0.4) is 0 Å². The smallest absolute Gasteiger partial charge is 0.185 e. The van der Waals surface area contributed by atoms with Crippen LogP contribution in [-0.2, 0) is 5.75 Å². The second-order valence-corrected chi connectivity index (χ2v) is 7.55. The Balaban J connectivity index is 1.73. The Morgan fingerprint density at radius 3 is 2.37 bits per heavy atom. The van der Waals surface area contributed by atoms with Gasteiger partial charge in [-0.1, -0.05) is 84.0 Å². The number of thioether (sulfide) groups is 1. The lowest BCUT2D eigenvalue weighted by molar-refractivity contribution is 0.558. The highest BCUT2D eigenvalue weighted by Gasteiger charge is 2.20. The second-order valence-electron chi connectivity index (χ2n) is 6.17. The van der Waals surface area contributed by atoms with Crippen molar-refractivity contribution in [3.05, 3.63) is 101 Å². The van der Waals surface area contributed by atoms with Crippen molar-refractivity contribution >= 4 is 39.9 Å². The summed E-state index contributed by atoms with van der Waals surface area (Å²) < 4.78 is 0. The lowest BCUT2D eigenvalue weighted by Gasteiger charge is -2.15. The molecule has 0 aliphatic carbocycles. The first kappa shape index (κ1) is 17.8. The van der Waals surface area contributed by atoms with Gasteiger partial charge in [-0.3, -0.25) is 0 Å². The Labute approximate surface area is 168 Å². The third-order valence-electron chi connectivity index (χ3n) is 4.21. The van der Waals surface area contributed by atoms with Gasteiger partial charge in [0.1, 0.15) is 5.71 Å². The van der Waals surface area contributed by atoms with Crippen molar-refractivity contribution in [3.63, 3.8) is 0 Å². The van der Waals surface area contributed by atoms with Gasteiger partial charge >= 0.3 is 0 Å². The zero-order valence-corrected chi connectivity index (χ0v) is 16.4. The van der Waals surface area contributed by atoms with E-state index in [-0.39, 0.29) is 0 Å². The van der Waals surface area contributed by atoms with Crippen LogP contribution in [0.2, 0.25) is 5.02 Å². The minimum atomic E-state index is 0.677. The molecule has 0 radical (unpaired) electrons. The standard InChI is InChI=1S/C22H18ClN3S/c1-26-22(27-15-16-8-4-2-5-9-16)24-20-13-12-18(23)14-19(20)21(25-26)17-10-6-3-7-11-17/h2-14H,15H2,1H3. The topological polar surface area (TPSA) is 28.0 Å². The number of hydrogen-bond acceptors (Lipinski definition) is 4. The average Bonchev–Trinajstić information content (AvgIpc) is 2.84. The minimum absolute atomic E-state index is 0.677. The van der Waals surface area contributed by atoms with E-state index < -0.39 is 0 Å². The van der Waals surface area contributed by atoms with Crippen molar-refractivity contribution in [2.45, 2.75) is 5.75 Å².